The molecule has 2 fully saturated rings. The number of amides is 1. The van der Waals surface area contributed by atoms with Gasteiger partial charge < -0.3 is 19.6 Å². The molecule has 0 aromatic carbocycles. The van der Waals surface area contributed by atoms with Gasteiger partial charge in [0.25, 0.3) is 0 Å². The van der Waals surface area contributed by atoms with E-state index in [0.717, 1.165) is 37.4 Å². The third kappa shape index (κ3) is 2.92. The second-order valence-electron chi connectivity index (χ2n) is 5.78. The highest BCUT2D eigenvalue weighted by atomic mass is 16.5. The summed E-state index contributed by atoms with van der Waals surface area (Å²) >= 11 is 0. The largest absolute Gasteiger partial charge is 0.465 e. The van der Waals surface area contributed by atoms with Crippen molar-refractivity contribution in [2.24, 2.45) is 0 Å². The molecule has 0 unspecified atom stereocenters. The first kappa shape index (κ1) is 14.1. The number of likely N-dealkylation sites (tertiary alicyclic amines) is 1. The molecule has 21 heavy (non-hydrogen) atoms. The fraction of sp³-hybridized carbons (Fsp3) is 0.643. The van der Waals surface area contributed by atoms with Crippen LogP contribution in [-0.4, -0.2) is 64.5 Å². The maximum atomic E-state index is 11.0. The van der Waals surface area contributed by atoms with E-state index in [2.05, 4.69) is 14.9 Å². The highest BCUT2D eigenvalue weighted by Crippen LogP contribution is 2.31. The number of carbonyl (C=O) groups is 1. The van der Waals surface area contributed by atoms with Crippen molar-refractivity contribution in [3.63, 3.8) is 0 Å². The molecule has 1 amide bonds. The van der Waals surface area contributed by atoms with E-state index in [1.807, 2.05) is 19.3 Å². The highest BCUT2D eigenvalue weighted by molar-refractivity contribution is 5.65. The topological polar surface area (TPSA) is 78.8 Å². The van der Waals surface area contributed by atoms with Crippen LogP contribution in [0.1, 0.15) is 18.4 Å². The second kappa shape index (κ2) is 5.48. The van der Waals surface area contributed by atoms with Crippen LogP contribution in [0.5, 0.6) is 0 Å². The van der Waals surface area contributed by atoms with Crippen LogP contribution < -0.4 is 4.90 Å². The van der Waals surface area contributed by atoms with Gasteiger partial charge in [0.1, 0.15) is 0 Å². The Morgan fingerprint density at radius 2 is 1.95 bits per heavy atom. The molecule has 1 aromatic rings. The van der Waals surface area contributed by atoms with E-state index in [1.165, 1.54) is 4.90 Å². The van der Waals surface area contributed by atoms with Gasteiger partial charge in [-0.1, -0.05) is 0 Å². The minimum atomic E-state index is -0.848. The number of hydrogen-bond acceptors (Lipinski definition) is 5. The van der Waals surface area contributed by atoms with Crippen molar-refractivity contribution >= 4 is 12.0 Å². The van der Waals surface area contributed by atoms with E-state index in [0.29, 0.717) is 19.7 Å². The number of morpholine rings is 1. The molecule has 1 spiro atoms. The predicted octanol–water partition coefficient (Wildman–Crippen LogP) is 1.13. The first-order valence-corrected chi connectivity index (χ1v) is 7.23. The van der Waals surface area contributed by atoms with Gasteiger partial charge >= 0.3 is 6.09 Å². The van der Waals surface area contributed by atoms with E-state index in [4.69, 9.17) is 9.84 Å². The number of anilines is 1. The van der Waals surface area contributed by atoms with Crippen LogP contribution in [0.25, 0.3) is 0 Å². The summed E-state index contributed by atoms with van der Waals surface area (Å²) in [5, 5.41) is 9.04. The molecule has 2 aliphatic heterocycles. The first-order chi connectivity index (χ1) is 10.1. The fourth-order valence-corrected chi connectivity index (χ4v) is 2.97. The monoisotopic (exact) mass is 292 g/mol. The molecule has 3 heterocycles. The van der Waals surface area contributed by atoms with Crippen LogP contribution in [0.3, 0.4) is 0 Å². The van der Waals surface area contributed by atoms with Crippen molar-refractivity contribution in [2.75, 3.05) is 37.7 Å². The third-order valence-corrected chi connectivity index (χ3v) is 4.24. The Bertz CT molecular complexity index is 511. The summed E-state index contributed by atoms with van der Waals surface area (Å²) in [5.74, 6) is 0.726. The number of nitrogens with zero attached hydrogens (tertiary/aromatic N) is 4. The Morgan fingerprint density at radius 3 is 2.57 bits per heavy atom. The number of ether oxygens (including phenoxy) is 1. The summed E-state index contributed by atoms with van der Waals surface area (Å²) in [7, 11) is 0. The van der Waals surface area contributed by atoms with Crippen LogP contribution in [0.2, 0.25) is 0 Å². The van der Waals surface area contributed by atoms with Crippen LogP contribution in [0.15, 0.2) is 12.4 Å². The molecule has 2 aliphatic rings. The minimum Gasteiger partial charge on any atom is -0.465 e. The summed E-state index contributed by atoms with van der Waals surface area (Å²) in [5.41, 5.74) is 0.773. The molecule has 0 atom stereocenters. The molecule has 0 aliphatic carbocycles. The lowest BCUT2D eigenvalue weighted by molar-refractivity contribution is -0.0879. The van der Waals surface area contributed by atoms with Gasteiger partial charge in [-0.25, -0.2) is 14.8 Å². The normalized spacial score (nSPS) is 21.6. The zero-order valence-electron chi connectivity index (χ0n) is 12.2. The average molecular weight is 292 g/mol. The molecule has 1 N–H and O–H groups in total. The van der Waals surface area contributed by atoms with E-state index in [-0.39, 0.29) is 5.60 Å². The minimum absolute atomic E-state index is 0.265. The number of aromatic nitrogens is 2. The Labute approximate surface area is 123 Å². The molecule has 3 rings (SSSR count). The van der Waals surface area contributed by atoms with Crippen LogP contribution in [-0.2, 0) is 4.74 Å². The van der Waals surface area contributed by atoms with Crippen molar-refractivity contribution in [3.05, 3.63) is 18.0 Å². The Balaban J connectivity index is 1.68. The first-order valence-electron chi connectivity index (χ1n) is 7.23. The lowest BCUT2D eigenvalue weighted by Gasteiger charge is -2.46. The van der Waals surface area contributed by atoms with Gasteiger partial charge in [-0.05, 0) is 25.3 Å². The zero-order valence-corrected chi connectivity index (χ0v) is 12.2. The molecule has 1 aromatic heterocycles. The Hall–Kier alpha value is -1.89. The summed E-state index contributed by atoms with van der Waals surface area (Å²) in [4.78, 5) is 23.3. The summed E-state index contributed by atoms with van der Waals surface area (Å²) < 4.78 is 5.99. The molecular formula is C14H20N4O3. The summed E-state index contributed by atoms with van der Waals surface area (Å²) in [6.07, 6.45) is 4.23. The van der Waals surface area contributed by atoms with Crippen molar-refractivity contribution in [1.82, 2.24) is 14.9 Å². The number of aryl methyl sites for hydroxylation is 1. The molecule has 7 heteroatoms. The molecule has 2 saturated heterocycles. The number of piperidine rings is 1. The lowest BCUT2D eigenvalue weighted by Crippen LogP contribution is -2.57. The number of carboxylic acid groups (broad SMARTS) is 1. The standard InChI is InChI=1S/C14H20N4O3/c1-11-8-15-12(16-9-11)18-6-7-21-14(10-18)2-4-17(5-3-14)13(19)20/h8-9H,2-7,10H2,1H3,(H,19,20). The second-order valence-corrected chi connectivity index (χ2v) is 5.78. The lowest BCUT2D eigenvalue weighted by atomic mass is 9.89. The number of hydrogen-bond donors (Lipinski definition) is 1. The van der Waals surface area contributed by atoms with Crippen molar-refractivity contribution in [3.8, 4) is 0 Å². The quantitative estimate of drug-likeness (QED) is 0.836. The van der Waals surface area contributed by atoms with Gasteiger partial charge in [0.05, 0.1) is 18.8 Å². The van der Waals surface area contributed by atoms with Gasteiger partial charge in [0.2, 0.25) is 5.95 Å². The van der Waals surface area contributed by atoms with Gasteiger partial charge in [0.15, 0.2) is 0 Å². The van der Waals surface area contributed by atoms with Gasteiger partial charge in [-0.2, -0.15) is 0 Å². The van der Waals surface area contributed by atoms with Crippen molar-refractivity contribution in [2.45, 2.75) is 25.4 Å². The smallest absolute Gasteiger partial charge is 0.407 e. The van der Waals surface area contributed by atoms with Gasteiger partial charge in [-0.15, -0.1) is 0 Å². The van der Waals surface area contributed by atoms with Crippen LogP contribution >= 0.6 is 0 Å². The van der Waals surface area contributed by atoms with Crippen LogP contribution in [0.4, 0.5) is 10.7 Å². The SMILES string of the molecule is Cc1cnc(N2CCOC3(CCN(C(=O)O)CC3)C2)nc1. The van der Waals surface area contributed by atoms with Crippen molar-refractivity contribution in [1.29, 1.82) is 0 Å². The predicted molar refractivity (Wildman–Crippen MR) is 76.5 cm³/mol. The van der Waals surface area contributed by atoms with Crippen molar-refractivity contribution < 1.29 is 14.6 Å². The average Bonchev–Trinajstić information content (AvgIpc) is 2.48. The molecule has 0 bridgehead atoms. The maximum Gasteiger partial charge on any atom is 0.407 e. The van der Waals surface area contributed by atoms with E-state index in [1.54, 1.807) is 0 Å². The Morgan fingerprint density at radius 1 is 1.29 bits per heavy atom. The van der Waals surface area contributed by atoms with Gasteiger partial charge in [0, 0.05) is 32.0 Å². The third-order valence-electron chi connectivity index (χ3n) is 4.24. The summed E-state index contributed by atoms with van der Waals surface area (Å²) in [6, 6.07) is 0. The molecule has 0 saturated carbocycles. The summed E-state index contributed by atoms with van der Waals surface area (Å²) in [6.45, 7) is 5.14. The number of rotatable bonds is 1. The highest BCUT2D eigenvalue weighted by Gasteiger charge is 2.41. The van der Waals surface area contributed by atoms with E-state index in [9.17, 15) is 4.79 Å². The maximum absolute atomic E-state index is 11.0. The molecule has 114 valence electrons. The van der Waals surface area contributed by atoms with Gasteiger partial charge in [-0.3, -0.25) is 0 Å². The fourth-order valence-electron chi connectivity index (χ4n) is 2.97. The molecule has 7 nitrogen and oxygen atoms in total. The zero-order chi connectivity index (χ0) is 14.9. The van der Waals surface area contributed by atoms with E-state index >= 15 is 0 Å². The Kier molecular flexibility index (Phi) is 3.67. The van der Waals surface area contributed by atoms with E-state index < -0.39 is 6.09 Å². The molecule has 0 radical (unpaired) electrons. The molecular weight excluding hydrogens is 272 g/mol. The van der Waals surface area contributed by atoms with Crippen LogP contribution in [0, 0.1) is 6.92 Å².